The number of hydrogen-bond donors (Lipinski definition) is 1. The quantitative estimate of drug-likeness (QED) is 0.798. The molecule has 2 N–H and O–H groups in total. The van der Waals surface area contributed by atoms with Crippen LogP contribution in [-0.4, -0.2) is 12.5 Å². The van der Waals surface area contributed by atoms with Crippen molar-refractivity contribution in [1.29, 1.82) is 0 Å². The fourth-order valence-electron chi connectivity index (χ4n) is 1.03. The van der Waals surface area contributed by atoms with E-state index in [4.69, 9.17) is 5.73 Å². The summed E-state index contributed by atoms with van der Waals surface area (Å²) in [5.74, 6) is -0.488. The van der Waals surface area contributed by atoms with Crippen LogP contribution >= 0.6 is 0 Å². The molecule has 0 aliphatic heterocycles. The molecular weight excluding hydrogens is 192 g/mol. The highest BCUT2D eigenvalue weighted by atomic mass is 19.3. The maximum absolute atomic E-state index is 11.8. The maximum Gasteiger partial charge on any atom is 0.387 e. The Kier molecular flexibility index (Phi) is 3.39. The Morgan fingerprint density at radius 3 is 2.79 bits per heavy atom. The summed E-state index contributed by atoms with van der Waals surface area (Å²) in [5, 5.41) is 0. The van der Waals surface area contributed by atoms with Gasteiger partial charge in [0.2, 0.25) is 5.91 Å². The summed E-state index contributed by atoms with van der Waals surface area (Å²) in [6, 6.07) is 5.88. The van der Waals surface area contributed by atoms with Gasteiger partial charge in [-0.3, -0.25) is 4.79 Å². The molecule has 0 spiro atoms. The van der Waals surface area contributed by atoms with Crippen molar-refractivity contribution in [2.45, 2.75) is 13.0 Å². The lowest BCUT2D eigenvalue weighted by Crippen LogP contribution is -2.13. The molecule has 1 rings (SSSR count). The molecule has 1 aromatic carbocycles. The highest BCUT2D eigenvalue weighted by Crippen LogP contribution is 2.15. The maximum atomic E-state index is 11.8. The predicted octanol–water partition coefficient (Wildman–Crippen LogP) is 1.32. The van der Waals surface area contributed by atoms with E-state index in [1.807, 2.05) is 0 Å². The lowest BCUT2D eigenvalue weighted by molar-refractivity contribution is -0.117. The van der Waals surface area contributed by atoms with Gasteiger partial charge in [0.1, 0.15) is 5.75 Å². The molecule has 0 aliphatic rings. The van der Waals surface area contributed by atoms with Crippen molar-refractivity contribution in [1.82, 2.24) is 0 Å². The van der Waals surface area contributed by atoms with E-state index in [0.29, 0.717) is 5.56 Å². The van der Waals surface area contributed by atoms with Gasteiger partial charge in [0, 0.05) is 0 Å². The van der Waals surface area contributed by atoms with Gasteiger partial charge in [0.25, 0.3) is 0 Å². The first-order chi connectivity index (χ1) is 6.58. The van der Waals surface area contributed by atoms with Crippen molar-refractivity contribution in [3.63, 3.8) is 0 Å². The van der Waals surface area contributed by atoms with Crippen molar-refractivity contribution in [3.8, 4) is 5.75 Å². The highest BCUT2D eigenvalue weighted by Gasteiger charge is 2.05. The number of ether oxygens (including phenoxy) is 1. The zero-order valence-corrected chi connectivity index (χ0v) is 7.24. The van der Waals surface area contributed by atoms with Crippen LogP contribution in [0.3, 0.4) is 0 Å². The van der Waals surface area contributed by atoms with Gasteiger partial charge in [-0.1, -0.05) is 12.1 Å². The Morgan fingerprint density at radius 1 is 1.50 bits per heavy atom. The van der Waals surface area contributed by atoms with Gasteiger partial charge in [-0.2, -0.15) is 8.78 Å². The van der Waals surface area contributed by atoms with E-state index in [2.05, 4.69) is 4.74 Å². The number of alkyl halides is 2. The number of primary amides is 1. The average Bonchev–Trinajstić information content (AvgIpc) is 2.01. The minimum atomic E-state index is -2.86. The normalized spacial score (nSPS) is 10.2. The molecule has 1 aromatic rings. The van der Waals surface area contributed by atoms with Gasteiger partial charge in [0.15, 0.2) is 0 Å². The van der Waals surface area contributed by atoms with Crippen molar-refractivity contribution in [2.24, 2.45) is 5.73 Å². The molecule has 0 aliphatic carbocycles. The second-order valence-electron chi connectivity index (χ2n) is 2.67. The van der Waals surface area contributed by atoms with Crippen molar-refractivity contribution < 1.29 is 18.3 Å². The SMILES string of the molecule is NC(=O)Cc1cccc(OC(F)F)c1. The smallest absolute Gasteiger partial charge is 0.387 e. The number of amides is 1. The second-order valence-corrected chi connectivity index (χ2v) is 2.67. The third-order valence-corrected chi connectivity index (χ3v) is 1.50. The first-order valence-corrected chi connectivity index (χ1v) is 3.90. The molecular formula is C9H9F2NO2. The van der Waals surface area contributed by atoms with Crippen molar-refractivity contribution in [2.75, 3.05) is 0 Å². The second kappa shape index (κ2) is 4.55. The molecule has 0 heterocycles. The number of benzene rings is 1. The molecule has 0 unspecified atom stereocenters. The molecule has 1 amide bonds. The molecule has 3 nitrogen and oxygen atoms in total. The Morgan fingerprint density at radius 2 is 2.21 bits per heavy atom. The lowest BCUT2D eigenvalue weighted by Gasteiger charge is -2.05. The van der Waals surface area contributed by atoms with E-state index < -0.39 is 12.5 Å². The van der Waals surface area contributed by atoms with Gasteiger partial charge in [-0.05, 0) is 17.7 Å². The summed E-state index contributed by atoms with van der Waals surface area (Å²) in [6.45, 7) is -2.86. The molecule has 0 bridgehead atoms. The molecule has 0 aromatic heterocycles. The van der Waals surface area contributed by atoms with Gasteiger partial charge < -0.3 is 10.5 Å². The highest BCUT2D eigenvalue weighted by molar-refractivity contribution is 5.76. The number of rotatable bonds is 4. The van der Waals surface area contributed by atoms with E-state index >= 15 is 0 Å². The summed E-state index contributed by atoms with van der Waals surface area (Å²) in [6.07, 6.45) is 0.0143. The summed E-state index contributed by atoms with van der Waals surface area (Å²) >= 11 is 0. The number of nitrogens with two attached hydrogens (primary N) is 1. The first-order valence-electron chi connectivity index (χ1n) is 3.90. The number of carbonyl (C=O) groups is 1. The van der Waals surface area contributed by atoms with Gasteiger partial charge >= 0.3 is 6.61 Å². The Bertz CT molecular complexity index is 328. The summed E-state index contributed by atoms with van der Waals surface area (Å²) in [5.41, 5.74) is 5.50. The van der Waals surface area contributed by atoms with Crippen molar-refractivity contribution >= 4 is 5.91 Å². The van der Waals surface area contributed by atoms with Gasteiger partial charge in [-0.25, -0.2) is 0 Å². The molecule has 0 saturated heterocycles. The molecule has 0 fully saturated rings. The van der Waals surface area contributed by atoms with Crippen LogP contribution in [0.2, 0.25) is 0 Å². The van der Waals surface area contributed by atoms with E-state index in [-0.39, 0.29) is 12.2 Å². The molecule has 0 atom stereocenters. The molecule has 0 radical (unpaired) electrons. The van der Waals surface area contributed by atoms with Crippen LogP contribution in [0.5, 0.6) is 5.75 Å². The topological polar surface area (TPSA) is 52.3 Å². The zero-order chi connectivity index (χ0) is 10.6. The average molecular weight is 201 g/mol. The van der Waals surface area contributed by atoms with E-state index in [0.717, 1.165) is 0 Å². The zero-order valence-electron chi connectivity index (χ0n) is 7.24. The van der Waals surface area contributed by atoms with E-state index in [1.54, 1.807) is 6.07 Å². The summed E-state index contributed by atoms with van der Waals surface area (Å²) in [7, 11) is 0. The number of halogens is 2. The minimum Gasteiger partial charge on any atom is -0.435 e. The van der Waals surface area contributed by atoms with Crippen molar-refractivity contribution in [3.05, 3.63) is 29.8 Å². The standard InChI is InChI=1S/C9H9F2NO2/c10-9(11)14-7-3-1-2-6(4-7)5-8(12)13/h1-4,9H,5H2,(H2,12,13). The van der Waals surface area contributed by atoms with Crippen LogP contribution < -0.4 is 10.5 Å². The molecule has 14 heavy (non-hydrogen) atoms. The summed E-state index contributed by atoms with van der Waals surface area (Å²) < 4.78 is 27.8. The summed E-state index contributed by atoms with van der Waals surface area (Å²) in [4.78, 5) is 10.5. The van der Waals surface area contributed by atoms with Crippen LogP contribution in [0, 0.1) is 0 Å². The van der Waals surface area contributed by atoms with E-state index in [9.17, 15) is 13.6 Å². The number of hydrogen-bond acceptors (Lipinski definition) is 2. The minimum absolute atomic E-state index is 0.0143. The third kappa shape index (κ3) is 3.38. The van der Waals surface area contributed by atoms with Crippen LogP contribution in [0.15, 0.2) is 24.3 Å². The largest absolute Gasteiger partial charge is 0.435 e. The molecule has 5 heteroatoms. The Labute approximate surface area is 79.5 Å². The van der Waals surface area contributed by atoms with Gasteiger partial charge in [-0.15, -0.1) is 0 Å². The fourth-order valence-corrected chi connectivity index (χ4v) is 1.03. The van der Waals surface area contributed by atoms with Crippen LogP contribution in [0.1, 0.15) is 5.56 Å². The molecule has 76 valence electrons. The first kappa shape index (κ1) is 10.4. The van der Waals surface area contributed by atoms with Crippen LogP contribution in [0.25, 0.3) is 0 Å². The molecule has 0 saturated carbocycles. The monoisotopic (exact) mass is 201 g/mol. The van der Waals surface area contributed by atoms with E-state index in [1.165, 1.54) is 18.2 Å². The fraction of sp³-hybridized carbons (Fsp3) is 0.222. The van der Waals surface area contributed by atoms with Crippen LogP contribution in [0.4, 0.5) is 8.78 Å². The Balaban J connectivity index is 2.73. The Hall–Kier alpha value is -1.65. The lowest BCUT2D eigenvalue weighted by atomic mass is 10.1. The predicted molar refractivity (Wildman–Crippen MR) is 46.0 cm³/mol. The van der Waals surface area contributed by atoms with Crippen LogP contribution in [-0.2, 0) is 11.2 Å². The van der Waals surface area contributed by atoms with Gasteiger partial charge in [0.05, 0.1) is 6.42 Å². The number of carbonyl (C=O) groups excluding carboxylic acids is 1. The third-order valence-electron chi connectivity index (χ3n) is 1.50.